The van der Waals surface area contributed by atoms with Crippen LogP contribution in [0.15, 0.2) is 24.3 Å². The Labute approximate surface area is 185 Å². The first-order chi connectivity index (χ1) is 15.1. The zero-order chi connectivity index (χ0) is 23.7. The zero-order valence-corrected chi connectivity index (χ0v) is 18.4. The highest BCUT2D eigenvalue weighted by Gasteiger charge is 2.32. The number of hydrogen-bond donors (Lipinski definition) is 2. The van der Waals surface area contributed by atoms with Crippen LogP contribution in [-0.2, 0) is 31.7 Å². The fourth-order valence-corrected chi connectivity index (χ4v) is 3.63. The molecule has 180 valence electrons. The van der Waals surface area contributed by atoms with Crippen molar-refractivity contribution in [2.24, 2.45) is 5.92 Å². The number of alkyl halides is 3. The average molecular weight is 460 g/mol. The van der Waals surface area contributed by atoms with Gasteiger partial charge in [-0.3, -0.25) is 4.79 Å². The largest absolute Gasteiger partial charge is 0.467 e. The lowest BCUT2D eigenvalue weighted by atomic mass is 9.93. The number of methoxy groups -OCH3 is 1. The number of carbonyl (C=O) groups excluding carboxylic acids is 2. The van der Waals surface area contributed by atoms with Gasteiger partial charge in [0.25, 0.3) is 0 Å². The van der Waals surface area contributed by atoms with Crippen molar-refractivity contribution in [1.82, 2.24) is 10.4 Å². The van der Waals surface area contributed by atoms with Gasteiger partial charge in [0.1, 0.15) is 12.8 Å². The second kappa shape index (κ2) is 12.2. The molecule has 0 saturated carbocycles. The van der Waals surface area contributed by atoms with E-state index in [1.54, 1.807) is 6.07 Å². The predicted octanol–water partition coefficient (Wildman–Crippen LogP) is 3.06. The predicted molar refractivity (Wildman–Crippen MR) is 110 cm³/mol. The van der Waals surface area contributed by atoms with Gasteiger partial charge in [0, 0.05) is 13.0 Å². The van der Waals surface area contributed by atoms with Crippen LogP contribution in [0.25, 0.3) is 0 Å². The van der Waals surface area contributed by atoms with Crippen LogP contribution in [0.3, 0.4) is 0 Å². The van der Waals surface area contributed by atoms with Gasteiger partial charge in [-0.05, 0) is 43.2 Å². The van der Waals surface area contributed by atoms with Crippen LogP contribution in [0, 0.1) is 5.92 Å². The minimum absolute atomic E-state index is 0.0159. The number of hydrazine groups is 1. The summed E-state index contributed by atoms with van der Waals surface area (Å²) < 4.78 is 48.6. The quantitative estimate of drug-likeness (QED) is 0.494. The van der Waals surface area contributed by atoms with Crippen molar-refractivity contribution < 1.29 is 37.3 Å². The smallest absolute Gasteiger partial charge is 0.416 e. The van der Waals surface area contributed by atoms with Crippen LogP contribution in [0.1, 0.15) is 50.2 Å². The SMILES string of the molecule is CCCC(OCC(=O)OC)N1NCC(CCC(O)Cc2cccc(C(F)(F)F)c2)CC1=O. The summed E-state index contributed by atoms with van der Waals surface area (Å²) in [6.07, 6.45) is -3.21. The molecule has 3 unspecified atom stereocenters. The summed E-state index contributed by atoms with van der Waals surface area (Å²) in [5.74, 6) is -0.710. The van der Waals surface area contributed by atoms with Crippen LogP contribution in [0.5, 0.6) is 0 Å². The number of nitrogens with zero attached hydrogens (tertiary/aromatic N) is 1. The minimum atomic E-state index is -4.42. The maximum absolute atomic E-state index is 12.8. The Balaban J connectivity index is 1.82. The van der Waals surface area contributed by atoms with Crippen molar-refractivity contribution in [2.45, 2.75) is 64.0 Å². The molecule has 0 bridgehead atoms. The minimum Gasteiger partial charge on any atom is -0.467 e. The van der Waals surface area contributed by atoms with Gasteiger partial charge in [-0.25, -0.2) is 15.2 Å². The maximum atomic E-state index is 12.8. The third-order valence-corrected chi connectivity index (χ3v) is 5.36. The number of esters is 1. The lowest BCUT2D eigenvalue weighted by molar-refractivity contribution is -0.170. The van der Waals surface area contributed by atoms with E-state index in [1.165, 1.54) is 18.2 Å². The molecule has 1 fully saturated rings. The van der Waals surface area contributed by atoms with Crippen LogP contribution in [0.2, 0.25) is 0 Å². The Morgan fingerprint density at radius 1 is 1.34 bits per heavy atom. The van der Waals surface area contributed by atoms with E-state index >= 15 is 0 Å². The number of halogens is 3. The first-order valence-electron chi connectivity index (χ1n) is 10.7. The third-order valence-electron chi connectivity index (χ3n) is 5.36. The Kier molecular flexibility index (Phi) is 9.92. The average Bonchev–Trinajstić information content (AvgIpc) is 2.75. The van der Waals surface area contributed by atoms with Crippen molar-refractivity contribution >= 4 is 11.9 Å². The summed E-state index contributed by atoms with van der Waals surface area (Å²) in [5, 5.41) is 11.7. The fraction of sp³-hybridized carbons (Fsp3) is 0.636. The van der Waals surface area contributed by atoms with Gasteiger partial charge in [-0.2, -0.15) is 13.2 Å². The molecule has 2 rings (SSSR count). The van der Waals surface area contributed by atoms with Crippen LogP contribution in [0.4, 0.5) is 13.2 Å². The molecule has 2 N–H and O–H groups in total. The van der Waals surface area contributed by atoms with Gasteiger partial charge in [0.2, 0.25) is 5.91 Å². The standard InChI is InChI=1S/C22H31F3N2O5/c1-3-5-20(32-14-21(30)31-2)27-19(29)12-16(13-26-27)8-9-18(28)11-15-6-4-7-17(10-15)22(23,24)25/h4,6-7,10,16,18,20,26,28H,3,5,8-9,11-14H2,1-2H3. The van der Waals surface area contributed by atoms with Gasteiger partial charge in [-0.15, -0.1) is 0 Å². The summed E-state index contributed by atoms with van der Waals surface area (Å²) in [4.78, 5) is 23.9. The number of rotatable bonds is 11. The number of benzene rings is 1. The molecule has 32 heavy (non-hydrogen) atoms. The Hall–Kier alpha value is -2.17. The molecule has 0 aliphatic carbocycles. The molecular weight excluding hydrogens is 429 g/mol. The molecule has 1 aliphatic rings. The van der Waals surface area contributed by atoms with Gasteiger partial charge in [-0.1, -0.05) is 31.5 Å². The van der Waals surface area contributed by atoms with E-state index < -0.39 is 30.0 Å². The number of amides is 1. The molecule has 3 atom stereocenters. The lowest BCUT2D eigenvalue weighted by Crippen LogP contribution is -2.56. The van der Waals surface area contributed by atoms with Crippen LogP contribution >= 0.6 is 0 Å². The summed E-state index contributed by atoms with van der Waals surface area (Å²) in [6.45, 7) is 2.18. The van der Waals surface area contributed by atoms with Crippen LogP contribution < -0.4 is 5.43 Å². The first kappa shape index (κ1) is 26.1. The van der Waals surface area contributed by atoms with E-state index in [9.17, 15) is 27.9 Å². The van der Waals surface area contributed by atoms with E-state index in [1.807, 2.05) is 6.92 Å². The fourth-order valence-electron chi connectivity index (χ4n) is 3.63. The van der Waals surface area contributed by atoms with E-state index in [4.69, 9.17) is 4.74 Å². The van der Waals surface area contributed by atoms with Gasteiger partial charge >= 0.3 is 12.1 Å². The Morgan fingerprint density at radius 2 is 2.09 bits per heavy atom. The molecular formula is C22H31F3N2O5. The van der Waals surface area contributed by atoms with Gasteiger partial charge < -0.3 is 14.6 Å². The molecule has 10 heteroatoms. The summed E-state index contributed by atoms with van der Waals surface area (Å²) >= 11 is 0. The monoisotopic (exact) mass is 460 g/mol. The van der Waals surface area contributed by atoms with Gasteiger partial charge in [0.05, 0.1) is 18.8 Å². The van der Waals surface area contributed by atoms with Gasteiger partial charge in [0.15, 0.2) is 0 Å². The lowest BCUT2D eigenvalue weighted by Gasteiger charge is -2.37. The van der Waals surface area contributed by atoms with E-state index in [0.29, 0.717) is 31.4 Å². The third kappa shape index (κ3) is 8.07. The molecule has 0 radical (unpaired) electrons. The van der Waals surface area contributed by atoms with E-state index in [2.05, 4.69) is 10.2 Å². The number of aliphatic hydroxyl groups is 1. The van der Waals surface area contributed by atoms with Crippen molar-refractivity contribution in [3.8, 4) is 0 Å². The second-order valence-electron chi connectivity index (χ2n) is 7.96. The number of aliphatic hydroxyl groups excluding tert-OH is 1. The first-order valence-corrected chi connectivity index (χ1v) is 10.7. The Bertz CT molecular complexity index is 759. The molecule has 1 aliphatic heterocycles. The van der Waals surface area contributed by atoms with Crippen LogP contribution in [-0.4, -0.2) is 54.6 Å². The number of nitrogens with one attached hydrogen (secondary N) is 1. The maximum Gasteiger partial charge on any atom is 0.416 e. The highest BCUT2D eigenvalue weighted by molar-refractivity contribution is 5.77. The number of carbonyl (C=O) groups is 2. The molecule has 1 saturated heterocycles. The van der Waals surface area contributed by atoms with E-state index in [0.717, 1.165) is 18.6 Å². The molecule has 1 aromatic rings. The highest BCUT2D eigenvalue weighted by Crippen LogP contribution is 2.30. The summed E-state index contributed by atoms with van der Waals surface area (Å²) in [6, 6.07) is 4.94. The van der Waals surface area contributed by atoms with Crippen molar-refractivity contribution in [1.29, 1.82) is 0 Å². The number of hydrogen-bond acceptors (Lipinski definition) is 6. The number of ether oxygens (including phenoxy) is 2. The summed E-state index contributed by atoms with van der Waals surface area (Å²) in [5.41, 5.74) is 2.73. The van der Waals surface area contributed by atoms with Crippen molar-refractivity contribution in [3.05, 3.63) is 35.4 Å². The highest BCUT2D eigenvalue weighted by atomic mass is 19.4. The Morgan fingerprint density at radius 3 is 2.72 bits per heavy atom. The summed E-state index contributed by atoms with van der Waals surface area (Å²) in [7, 11) is 1.26. The normalized spacial score (nSPS) is 19.0. The topological polar surface area (TPSA) is 88.1 Å². The molecule has 1 heterocycles. The van der Waals surface area contributed by atoms with Crippen molar-refractivity contribution in [3.63, 3.8) is 0 Å². The van der Waals surface area contributed by atoms with Crippen molar-refractivity contribution in [2.75, 3.05) is 20.3 Å². The molecule has 0 spiro atoms. The second-order valence-corrected chi connectivity index (χ2v) is 7.96. The zero-order valence-electron chi connectivity index (χ0n) is 18.4. The molecule has 7 nitrogen and oxygen atoms in total. The molecule has 0 aromatic heterocycles. The van der Waals surface area contributed by atoms with E-state index in [-0.39, 0.29) is 31.3 Å². The molecule has 1 aromatic carbocycles. The molecule has 1 amide bonds.